The summed E-state index contributed by atoms with van der Waals surface area (Å²) in [5.41, 5.74) is 3.18. The zero-order valence-corrected chi connectivity index (χ0v) is 11.6. The van der Waals surface area contributed by atoms with Gasteiger partial charge in [-0.15, -0.1) is 0 Å². The number of anilines is 1. The number of nitrogens with one attached hydrogen (secondary N) is 1. The Bertz CT molecular complexity index is 505. The molecule has 2 heterocycles. The van der Waals surface area contributed by atoms with Crippen LogP contribution in [0.4, 0.5) is 5.82 Å². The number of hydrogen-bond donors (Lipinski definition) is 1. The van der Waals surface area contributed by atoms with Crippen LogP contribution < -0.4 is 5.32 Å². The highest BCUT2D eigenvalue weighted by molar-refractivity contribution is 7.98. The molecular formula is C13H16N4S. The summed E-state index contributed by atoms with van der Waals surface area (Å²) in [7, 11) is 1.86. The van der Waals surface area contributed by atoms with Crippen LogP contribution in [0, 0.1) is 13.8 Å². The third-order valence-corrected chi connectivity index (χ3v) is 3.33. The van der Waals surface area contributed by atoms with Gasteiger partial charge in [-0.1, -0.05) is 17.8 Å². The minimum Gasteiger partial charge on any atom is -0.373 e. The number of rotatable bonds is 4. The second-order valence-corrected chi connectivity index (χ2v) is 4.97. The van der Waals surface area contributed by atoms with Crippen LogP contribution >= 0.6 is 11.8 Å². The summed E-state index contributed by atoms with van der Waals surface area (Å²) < 4.78 is 0. The summed E-state index contributed by atoms with van der Waals surface area (Å²) in [6.07, 6.45) is 1.88. The Morgan fingerprint density at radius 2 is 1.89 bits per heavy atom. The minimum atomic E-state index is 0.824. The average Bonchev–Trinajstić information content (AvgIpc) is 2.36. The van der Waals surface area contributed by atoms with Crippen molar-refractivity contribution in [2.75, 3.05) is 12.4 Å². The maximum atomic E-state index is 4.40. The lowest BCUT2D eigenvalue weighted by Crippen LogP contribution is -1.94. The van der Waals surface area contributed by atoms with Gasteiger partial charge in [0.15, 0.2) is 5.16 Å². The number of hydrogen-bond acceptors (Lipinski definition) is 5. The van der Waals surface area contributed by atoms with Gasteiger partial charge in [0.2, 0.25) is 0 Å². The first-order valence-corrected chi connectivity index (χ1v) is 6.73. The normalized spacial score (nSPS) is 10.4. The molecule has 0 spiro atoms. The number of thioether (sulfide) groups is 1. The van der Waals surface area contributed by atoms with Gasteiger partial charge in [0.1, 0.15) is 5.82 Å². The lowest BCUT2D eigenvalue weighted by Gasteiger charge is -2.04. The van der Waals surface area contributed by atoms with Crippen LogP contribution in [0.2, 0.25) is 0 Å². The number of nitrogens with zero attached hydrogens (tertiary/aromatic N) is 3. The Hall–Kier alpha value is -1.62. The van der Waals surface area contributed by atoms with E-state index in [1.165, 1.54) is 5.56 Å². The van der Waals surface area contributed by atoms with Gasteiger partial charge in [0, 0.05) is 30.4 Å². The predicted molar refractivity (Wildman–Crippen MR) is 74.9 cm³/mol. The van der Waals surface area contributed by atoms with Gasteiger partial charge in [-0.25, -0.2) is 15.0 Å². The minimum absolute atomic E-state index is 0.824. The van der Waals surface area contributed by atoms with Gasteiger partial charge in [0.25, 0.3) is 0 Å². The molecule has 0 fully saturated rings. The molecule has 0 atom stereocenters. The van der Waals surface area contributed by atoms with E-state index in [2.05, 4.69) is 26.3 Å². The van der Waals surface area contributed by atoms with Crippen molar-refractivity contribution < 1.29 is 0 Å². The lowest BCUT2D eigenvalue weighted by molar-refractivity contribution is 0.902. The molecule has 2 aromatic rings. The van der Waals surface area contributed by atoms with E-state index in [4.69, 9.17) is 0 Å². The quantitative estimate of drug-likeness (QED) is 0.676. The van der Waals surface area contributed by atoms with Gasteiger partial charge >= 0.3 is 0 Å². The largest absolute Gasteiger partial charge is 0.373 e. The Kier molecular flexibility index (Phi) is 4.15. The first-order chi connectivity index (χ1) is 8.67. The van der Waals surface area contributed by atoms with Crippen LogP contribution in [0.5, 0.6) is 0 Å². The third kappa shape index (κ3) is 3.43. The fourth-order valence-electron chi connectivity index (χ4n) is 1.56. The van der Waals surface area contributed by atoms with Crippen LogP contribution in [-0.2, 0) is 5.75 Å². The lowest BCUT2D eigenvalue weighted by atomic mass is 10.3. The van der Waals surface area contributed by atoms with Crippen molar-refractivity contribution in [1.82, 2.24) is 15.0 Å². The summed E-state index contributed by atoms with van der Waals surface area (Å²) in [6.45, 7) is 3.98. The molecule has 2 rings (SSSR count). The SMILES string of the molecule is CNc1ccc(CSc2nc(C)cc(C)n2)cn1. The third-order valence-electron chi connectivity index (χ3n) is 2.41. The van der Waals surface area contributed by atoms with Gasteiger partial charge in [-0.05, 0) is 31.5 Å². The van der Waals surface area contributed by atoms with Crippen LogP contribution in [-0.4, -0.2) is 22.0 Å². The molecule has 0 saturated heterocycles. The molecule has 0 bridgehead atoms. The van der Waals surface area contributed by atoms with Crippen molar-refractivity contribution in [3.8, 4) is 0 Å². The molecule has 94 valence electrons. The summed E-state index contributed by atoms with van der Waals surface area (Å²) in [5, 5.41) is 3.82. The number of aryl methyl sites for hydroxylation is 2. The maximum Gasteiger partial charge on any atom is 0.188 e. The van der Waals surface area contributed by atoms with Crippen LogP contribution in [0.1, 0.15) is 17.0 Å². The summed E-state index contributed by atoms with van der Waals surface area (Å²) in [4.78, 5) is 13.1. The molecule has 18 heavy (non-hydrogen) atoms. The predicted octanol–water partition coefficient (Wildman–Crippen LogP) is 2.82. The monoisotopic (exact) mass is 260 g/mol. The molecule has 0 aromatic carbocycles. The molecular weight excluding hydrogens is 244 g/mol. The van der Waals surface area contributed by atoms with E-state index in [-0.39, 0.29) is 0 Å². The van der Waals surface area contributed by atoms with Gasteiger partial charge in [-0.2, -0.15) is 0 Å². The van der Waals surface area contributed by atoms with Crippen molar-refractivity contribution in [2.45, 2.75) is 24.8 Å². The van der Waals surface area contributed by atoms with E-state index in [0.717, 1.165) is 28.1 Å². The molecule has 0 aliphatic carbocycles. The Labute approximate surface area is 111 Å². The van der Waals surface area contributed by atoms with E-state index >= 15 is 0 Å². The Morgan fingerprint density at radius 1 is 1.17 bits per heavy atom. The van der Waals surface area contributed by atoms with E-state index < -0.39 is 0 Å². The smallest absolute Gasteiger partial charge is 0.188 e. The van der Waals surface area contributed by atoms with Crippen LogP contribution in [0.3, 0.4) is 0 Å². The van der Waals surface area contributed by atoms with E-state index in [0.29, 0.717) is 0 Å². The molecule has 0 amide bonds. The molecule has 0 unspecified atom stereocenters. The number of pyridine rings is 1. The highest BCUT2D eigenvalue weighted by Gasteiger charge is 2.02. The molecule has 1 N–H and O–H groups in total. The highest BCUT2D eigenvalue weighted by atomic mass is 32.2. The standard InChI is InChI=1S/C13H16N4S/c1-9-6-10(2)17-13(16-9)18-8-11-4-5-12(14-3)15-7-11/h4-7H,8H2,1-3H3,(H,14,15). The van der Waals surface area contributed by atoms with Crippen molar-refractivity contribution in [3.05, 3.63) is 41.3 Å². The molecule has 0 aliphatic rings. The van der Waals surface area contributed by atoms with E-state index in [1.54, 1.807) is 11.8 Å². The van der Waals surface area contributed by atoms with Crippen LogP contribution in [0.25, 0.3) is 0 Å². The second kappa shape index (κ2) is 5.82. The number of aromatic nitrogens is 3. The Morgan fingerprint density at radius 3 is 2.44 bits per heavy atom. The van der Waals surface area contributed by atoms with Gasteiger partial charge in [-0.3, -0.25) is 0 Å². The zero-order chi connectivity index (χ0) is 13.0. The summed E-state index contributed by atoms with van der Waals surface area (Å²) >= 11 is 1.63. The van der Waals surface area contributed by atoms with Crippen molar-refractivity contribution in [1.29, 1.82) is 0 Å². The summed E-state index contributed by atoms with van der Waals surface area (Å²) in [6, 6.07) is 6.01. The first kappa shape index (κ1) is 12.8. The van der Waals surface area contributed by atoms with E-state index in [9.17, 15) is 0 Å². The highest BCUT2D eigenvalue weighted by Crippen LogP contribution is 2.19. The van der Waals surface area contributed by atoms with Crippen LogP contribution in [0.15, 0.2) is 29.6 Å². The molecule has 2 aromatic heterocycles. The molecule has 5 heteroatoms. The maximum absolute atomic E-state index is 4.40. The van der Waals surface area contributed by atoms with Gasteiger partial charge in [0.05, 0.1) is 0 Å². The first-order valence-electron chi connectivity index (χ1n) is 5.75. The fraction of sp³-hybridized carbons (Fsp3) is 0.308. The molecule has 4 nitrogen and oxygen atoms in total. The van der Waals surface area contributed by atoms with Gasteiger partial charge < -0.3 is 5.32 Å². The van der Waals surface area contributed by atoms with Crippen molar-refractivity contribution >= 4 is 17.6 Å². The fourth-order valence-corrected chi connectivity index (χ4v) is 2.45. The van der Waals surface area contributed by atoms with Crippen molar-refractivity contribution in [2.24, 2.45) is 0 Å². The average molecular weight is 260 g/mol. The summed E-state index contributed by atoms with van der Waals surface area (Å²) in [5.74, 6) is 1.71. The molecule has 0 radical (unpaired) electrons. The zero-order valence-electron chi connectivity index (χ0n) is 10.8. The Balaban J connectivity index is 2.01. The molecule has 0 saturated carbocycles. The molecule has 0 aliphatic heterocycles. The topological polar surface area (TPSA) is 50.7 Å². The van der Waals surface area contributed by atoms with Crippen molar-refractivity contribution in [3.63, 3.8) is 0 Å². The van der Waals surface area contributed by atoms with E-state index in [1.807, 2.05) is 39.2 Å². The second-order valence-electron chi connectivity index (χ2n) is 4.02.